The van der Waals surface area contributed by atoms with E-state index in [0.717, 1.165) is 19.4 Å². The third-order valence-electron chi connectivity index (χ3n) is 1.90. The summed E-state index contributed by atoms with van der Waals surface area (Å²) in [6.45, 7) is 1.45. The van der Waals surface area contributed by atoms with E-state index in [2.05, 4.69) is 10.6 Å². The van der Waals surface area contributed by atoms with Gasteiger partial charge in [0, 0.05) is 13.1 Å². The fourth-order valence-electron chi connectivity index (χ4n) is 0.839. The van der Waals surface area contributed by atoms with Crippen LogP contribution in [0.15, 0.2) is 0 Å². The van der Waals surface area contributed by atoms with Crippen molar-refractivity contribution in [2.24, 2.45) is 5.73 Å². The lowest BCUT2D eigenvalue weighted by Gasteiger charge is -2.08. The van der Waals surface area contributed by atoms with Crippen LogP contribution in [0.4, 0.5) is 0 Å². The molecule has 0 radical (unpaired) electrons. The number of hydrogen-bond acceptors (Lipinski definition) is 3. The molecule has 0 aromatic heterocycles. The Bertz CT molecular complexity index is 159. The van der Waals surface area contributed by atoms with Crippen molar-refractivity contribution < 1.29 is 4.79 Å². The number of amides is 1. The second-order valence-electron chi connectivity index (χ2n) is 3.02. The van der Waals surface area contributed by atoms with Crippen LogP contribution in [0.5, 0.6) is 0 Å². The molecule has 0 aliphatic heterocycles. The monoisotopic (exact) mass is 193 g/mol. The first kappa shape index (κ1) is 11.7. The average Bonchev–Trinajstić information content (AvgIpc) is 2.70. The number of carbonyl (C=O) groups excluding carboxylic acids is 1. The van der Waals surface area contributed by atoms with Gasteiger partial charge in [0.25, 0.3) is 0 Å². The Balaban J connectivity index is 0.00000121. The molecular weight excluding hydrogens is 178 g/mol. The molecule has 1 amide bonds. The molecular formula is C7H16ClN3O. The normalized spacial score (nSPS) is 17.8. The number of hydrogen-bond donors (Lipinski definition) is 3. The van der Waals surface area contributed by atoms with Crippen LogP contribution in [-0.4, -0.2) is 31.6 Å². The van der Waals surface area contributed by atoms with Crippen molar-refractivity contribution >= 4 is 18.3 Å². The first-order chi connectivity index (χ1) is 5.19. The Hall–Kier alpha value is -0.320. The van der Waals surface area contributed by atoms with Gasteiger partial charge in [-0.15, -0.1) is 12.4 Å². The van der Waals surface area contributed by atoms with Gasteiger partial charge in [0.15, 0.2) is 0 Å². The molecule has 0 spiro atoms. The summed E-state index contributed by atoms with van der Waals surface area (Å²) in [4.78, 5) is 11.1. The van der Waals surface area contributed by atoms with Crippen LogP contribution >= 0.6 is 12.4 Å². The van der Waals surface area contributed by atoms with Crippen LogP contribution in [0, 0.1) is 0 Å². The van der Waals surface area contributed by atoms with Gasteiger partial charge in [0.1, 0.15) is 0 Å². The predicted octanol–water partition coefficient (Wildman–Crippen LogP) is -0.765. The van der Waals surface area contributed by atoms with E-state index in [-0.39, 0.29) is 18.3 Å². The zero-order valence-corrected chi connectivity index (χ0v) is 8.04. The summed E-state index contributed by atoms with van der Waals surface area (Å²) in [5, 5.41) is 5.70. The maximum absolute atomic E-state index is 11.1. The summed E-state index contributed by atoms with van der Waals surface area (Å²) in [6, 6.07) is 0. The molecule has 0 aromatic rings. The van der Waals surface area contributed by atoms with E-state index in [1.165, 1.54) is 0 Å². The molecule has 1 rings (SSSR count). The van der Waals surface area contributed by atoms with Crippen molar-refractivity contribution in [3.05, 3.63) is 0 Å². The first-order valence-corrected chi connectivity index (χ1v) is 3.91. The van der Waals surface area contributed by atoms with E-state index in [9.17, 15) is 4.79 Å². The summed E-state index contributed by atoms with van der Waals surface area (Å²) in [6.07, 6.45) is 1.66. The Labute approximate surface area is 78.7 Å². The minimum absolute atomic E-state index is 0. The minimum atomic E-state index is -0.520. The molecule has 1 saturated carbocycles. The molecule has 0 bridgehead atoms. The lowest BCUT2D eigenvalue weighted by Crippen LogP contribution is -2.44. The van der Waals surface area contributed by atoms with Gasteiger partial charge < -0.3 is 16.4 Å². The molecule has 1 fully saturated rings. The lowest BCUT2D eigenvalue weighted by molar-refractivity contribution is -0.123. The zero-order valence-electron chi connectivity index (χ0n) is 7.22. The van der Waals surface area contributed by atoms with Crippen molar-refractivity contribution in [3.63, 3.8) is 0 Å². The van der Waals surface area contributed by atoms with E-state index in [4.69, 9.17) is 5.73 Å². The second kappa shape index (κ2) is 4.64. The third kappa shape index (κ3) is 2.97. The van der Waals surface area contributed by atoms with E-state index in [1.807, 2.05) is 7.05 Å². The number of nitrogens with one attached hydrogen (secondary N) is 2. The molecule has 0 saturated heterocycles. The minimum Gasteiger partial charge on any atom is -0.353 e. The molecule has 1 aliphatic carbocycles. The van der Waals surface area contributed by atoms with Crippen LogP contribution in [0.25, 0.3) is 0 Å². The molecule has 4 N–H and O–H groups in total. The molecule has 0 aromatic carbocycles. The highest BCUT2D eigenvalue weighted by molar-refractivity contribution is 5.88. The Morgan fingerprint density at radius 3 is 2.50 bits per heavy atom. The van der Waals surface area contributed by atoms with Crippen LogP contribution in [0.1, 0.15) is 12.8 Å². The topological polar surface area (TPSA) is 67.1 Å². The van der Waals surface area contributed by atoms with Crippen molar-refractivity contribution in [2.75, 3.05) is 20.1 Å². The number of carbonyl (C=O) groups is 1. The molecule has 72 valence electrons. The lowest BCUT2D eigenvalue weighted by atomic mass is 10.3. The van der Waals surface area contributed by atoms with Crippen LogP contribution in [-0.2, 0) is 4.79 Å². The highest BCUT2D eigenvalue weighted by atomic mass is 35.5. The maximum atomic E-state index is 11.1. The highest BCUT2D eigenvalue weighted by Crippen LogP contribution is 2.31. The van der Waals surface area contributed by atoms with Crippen LogP contribution < -0.4 is 16.4 Å². The van der Waals surface area contributed by atoms with E-state index < -0.39 is 5.54 Å². The summed E-state index contributed by atoms with van der Waals surface area (Å²) in [5.41, 5.74) is 5.12. The predicted molar refractivity (Wildman–Crippen MR) is 50.3 cm³/mol. The van der Waals surface area contributed by atoms with Gasteiger partial charge >= 0.3 is 0 Å². The molecule has 1 aliphatic rings. The van der Waals surface area contributed by atoms with Crippen molar-refractivity contribution in [3.8, 4) is 0 Å². The summed E-state index contributed by atoms with van der Waals surface area (Å²) in [5.74, 6) is -0.00671. The molecule has 0 atom stereocenters. The fourth-order valence-corrected chi connectivity index (χ4v) is 0.839. The smallest absolute Gasteiger partial charge is 0.240 e. The Morgan fingerprint density at radius 2 is 2.08 bits per heavy atom. The summed E-state index contributed by atoms with van der Waals surface area (Å²) in [7, 11) is 1.85. The standard InChI is InChI=1S/C7H15N3O.ClH/c1-9-4-5-10-6(11)7(8)2-3-7;/h9H,2-5,8H2,1H3,(H,10,11);1H. The van der Waals surface area contributed by atoms with Gasteiger partial charge in [-0.25, -0.2) is 0 Å². The largest absolute Gasteiger partial charge is 0.353 e. The zero-order chi connectivity index (χ0) is 8.32. The van der Waals surface area contributed by atoms with Gasteiger partial charge in [-0.2, -0.15) is 0 Å². The Kier molecular flexibility index (Phi) is 4.52. The van der Waals surface area contributed by atoms with Gasteiger partial charge in [-0.1, -0.05) is 0 Å². The summed E-state index contributed by atoms with van der Waals surface area (Å²) < 4.78 is 0. The van der Waals surface area contributed by atoms with Crippen molar-refractivity contribution in [2.45, 2.75) is 18.4 Å². The number of halogens is 1. The SMILES string of the molecule is CNCCNC(=O)C1(N)CC1.Cl. The van der Waals surface area contributed by atoms with Crippen LogP contribution in [0.3, 0.4) is 0 Å². The average molecular weight is 194 g/mol. The number of likely N-dealkylation sites (N-methyl/N-ethyl adjacent to an activating group) is 1. The second-order valence-corrected chi connectivity index (χ2v) is 3.02. The number of rotatable bonds is 4. The van der Waals surface area contributed by atoms with Gasteiger partial charge in [0.2, 0.25) is 5.91 Å². The first-order valence-electron chi connectivity index (χ1n) is 3.91. The number of nitrogens with two attached hydrogens (primary N) is 1. The molecule has 12 heavy (non-hydrogen) atoms. The Morgan fingerprint density at radius 1 is 1.50 bits per heavy atom. The van der Waals surface area contributed by atoms with Gasteiger partial charge in [-0.3, -0.25) is 4.79 Å². The molecule has 0 unspecified atom stereocenters. The van der Waals surface area contributed by atoms with Crippen LogP contribution in [0.2, 0.25) is 0 Å². The van der Waals surface area contributed by atoms with Gasteiger partial charge in [0.05, 0.1) is 5.54 Å². The maximum Gasteiger partial charge on any atom is 0.240 e. The third-order valence-corrected chi connectivity index (χ3v) is 1.90. The van der Waals surface area contributed by atoms with E-state index >= 15 is 0 Å². The molecule has 4 nitrogen and oxygen atoms in total. The van der Waals surface area contributed by atoms with Crippen molar-refractivity contribution in [1.82, 2.24) is 10.6 Å². The highest BCUT2D eigenvalue weighted by Gasteiger charge is 2.45. The fraction of sp³-hybridized carbons (Fsp3) is 0.857. The quantitative estimate of drug-likeness (QED) is 0.514. The summed E-state index contributed by atoms with van der Waals surface area (Å²) >= 11 is 0. The van der Waals surface area contributed by atoms with Gasteiger partial charge in [-0.05, 0) is 19.9 Å². The van der Waals surface area contributed by atoms with E-state index in [0.29, 0.717) is 6.54 Å². The molecule has 0 heterocycles. The van der Waals surface area contributed by atoms with Crippen molar-refractivity contribution in [1.29, 1.82) is 0 Å². The van der Waals surface area contributed by atoms with E-state index in [1.54, 1.807) is 0 Å². The molecule has 5 heteroatoms.